The van der Waals surface area contributed by atoms with Gasteiger partial charge in [0.15, 0.2) is 0 Å². The van der Waals surface area contributed by atoms with Crippen LogP contribution in [0.2, 0.25) is 0 Å². The molecule has 2 saturated heterocycles. The molecule has 2 aliphatic heterocycles. The SMILES string of the molecule is Cc1cc(NC(=O)C(=O)N2CC(C)CCC2C2CCN(C)CC2)cnc1N. The number of amides is 2. The minimum Gasteiger partial charge on any atom is -0.383 e. The van der Waals surface area contributed by atoms with E-state index in [0.717, 1.165) is 44.3 Å². The molecule has 1 aromatic heterocycles. The molecular weight excluding hydrogens is 342 g/mol. The lowest BCUT2D eigenvalue weighted by atomic mass is 9.81. The first-order valence-electron chi connectivity index (χ1n) is 9.87. The lowest BCUT2D eigenvalue weighted by Gasteiger charge is -2.44. The molecular formula is C20H31N5O2. The van der Waals surface area contributed by atoms with Crippen molar-refractivity contribution < 1.29 is 9.59 Å². The quantitative estimate of drug-likeness (QED) is 0.773. The van der Waals surface area contributed by atoms with Crippen LogP contribution in [0.5, 0.6) is 0 Å². The zero-order valence-electron chi connectivity index (χ0n) is 16.6. The number of rotatable bonds is 2. The van der Waals surface area contributed by atoms with Gasteiger partial charge in [0.2, 0.25) is 0 Å². The number of nitrogens with zero attached hydrogens (tertiary/aromatic N) is 3. The average molecular weight is 374 g/mol. The van der Waals surface area contributed by atoms with E-state index in [1.807, 2.05) is 11.8 Å². The maximum absolute atomic E-state index is 13.0. The van der Waals surface area contributed by atoms with Gasteiger partial charge in [-0.2, -0.15) is 0 Å². The van der Waals surface area contributed by atoms with E-state index in [9.17, 15) is 9.59 Å². The van der Waals surface area contributed by atoms with Gasteiger partial charge in [0.25, 0.3) is 0 Å². The van der Waals surface area contributed by atoms with Crippen LogP contribution in [0.3, 0.4) is 0 Å². The number of nitrogen functional groups attached to an aromatic ring is 1. The number of aromatic nitrogens is 1. The van der Waals surface area contributed by atoms with Crippen molar-refractivity contribution in [3.05, 3.63) is 17.8 Å². The molecule has 3 heterocycles. The van der Waals surface area contributed by atoms with Crippen LogP contribution in [0.4, 0.5) is 11.5 Å². The zero-order valence-corrected chi connectivity index (χ0v) is 16.6. The highest BCUT2D eigenvalue weighted by molar-refractivity contribution is 6.39. The smallest absolute Gasteiger partial charge is 0.313 e. The summed E-state index contributed by atoms with van der Waals surface area (Å²) < 4.78 is 0. The van der Waals surface area contributed by atoms with Crippen LogP contribution < -0.4 is 11.1 Å². The van der Waals surface area contributed by atoms with Gasteiger partial charge in [0.05, 0.1) is 11.9 Å². The Kier molecular flexibility index (Phi) is 5.99. The van der Waals surface area contributed by atoms with Gasteiger partial charge in [0, 0.05) is 12.6 Å². The minimum atomic E-state index is -0.590. The van der Waals surface area contributed by atoms with E-state index in [1.54, 1.807) is 6.07 Å². The zero-order chi connectivity index (χ0) is 19.6. The fourth-order valence-electron chi connectivity index (χ4n) is 4.28. The molecule has 2 amide bonds. The summed E-state index contributed by atoms with van der Waals surface area (Å²) in [4.78, 5) is 33.8. The Morgan fingerprint density at radius 2 is 1.93 bits per heavy atom. The van der Waals surface area contributed by atoms with E-state index in [-0.39, 0.29) is 6.04 Å². The predicted octanol–water partition coefficient (Wildman–Crippen LogP) is 1.88. The molecule has 1 aromatic rings. The number of hydrogen-bond acceptors (Lipinski definition) is 5. The van der Waals surface area contributed by atoms with Crippen molar-refractivity contribution in [2.75, 3.05) is 37.7 Å². The van der Waals surface area contributed by atoms with Crippen molar-refractivity contribution in [2.45, 2.75) is 45.6 Å². The number of carbonyl (C=O) groups is 2. The molecule has 2 fully saturated rings. The third-order valence-corrected chi connectivity index (χ3v) is 6.00. The van der Waals surface area contributed by atoms with Gasteiger partial charge in [-0.05, 0) is 76.2 Å². The highest BCUT2D eigenvalue weighted by Gasteiger charge is 2.38. The lowest BCUT2D eigenvalue weighted by molar-refractivity contribution is -0.148. The van der Waals surface area contributed by atoms with Crippen molar-refractivity contribution in [2.24, 2.45) is 11.8 Å². The van der Waals surface area contributed by atoms with E-state index in [4.69, 9.17) is 5.73 Å². The molecule has 2 atom stereocenters. The van der Waals surface area contributed by atoms with Crippen molar-refractivity contribution in [1.29, 1.82) is 0 Å². The van der Waals surface area contributed by atoms with Crippen LogP contribution in [0.25, 0.3) is 0 Å². The van der Waals surface area contributed by atoms with Gasteiger partial charge in [-0.25, -0.2) is 4.98 Å². The number of nitrogens with one attached hydrogen (secondary N) is 1. The summed E-state index contributed by atoms with van der Waals surface area (Å²) >= 11 is 0. The Morgan fingerprint density at radius 1 is 1.22 bits per heavy atom. The Balaban J connectivity index is 1.70. The van der Waals surface area contributed by atoms with Crippen LogP contribution in [-0.4, -0.2) is 59.3 Å². The monoisotopic (exact) mass is 373 g/mol. The van der Waals surface area contributed by atoms with E-state index in [2.05, 4.69) is 29.2 Å². The Labute approximate surface area is 161 Å². The Hall–Kier alpha value is -2.15. The van der Waals surface area contributed by atoms with Gasteiger partial charge in [-0.1, -0.05) is 6.92 Å². The number of piperidine rings is 2. The topological polar surface area (TPSA) is 91.6 Å². The van der Waals surface area contributed by atoms with Gasteiger partial charge in [-0.15, -0.1) is 0 Å². The molecule has 27 heavy (non-hydrogen) atoms. The third-order valence-electron chi connectivity index (χ3n) is 6.00. The molecule has 0 aromatic carbocycles. The fourth-order valence-corrected chi connectivity index (χ4v) is 4.28. The summed E-state index contributed by atoms with van der Waals surface area (Å²) in [6, 6.07) is 1.90. The number of anilines is 2. The molecule has 3 N–H and O–H groups in total. The van der Waals surface area contributed by atoms with Gasteiger partial charge in [0.1, 0.15) is 5.82 Å². The number of aryl methyl sites for hydroxylation is 1. The highest BCUT2D eigenvalue weighted by atomic mass is 16.2. The Morgan fingerprint density at radius 3 is 2.59 bits per heavy atom. The summed E-state index contributed by atoms with van der Waals surface area (Å²) in [5.74, 6) is 0.301. The van der Waals surface area contributed by atoms with Crippen molar-refractivity contribution in [3.63, 3.8) is 0 Å². The highest BCUT2D eigenvalue weighted by Crippen LogP contribution is 2.32. The summed E-state index contributed by atoms with van der Waals surface area (Å²) in [6.07, 6.45) is 5.76. The molecule has 2 aliphatic rings. The molecule has 7 nitrogen and oxygen atoms in total. The molecule has 0 bridgehead atoms. The van der Waals surface area contributed by atoms with Gasteiger partial charge < -0.3 is 20.9 Å². The molecule has 0 aliphatic carbocycles. The summed E-state index contributed by atoms with van der Waals surface area (Å²) in [6.45, 7) is 6.74. The maximum atomic E-state index is 13.0. The second kappa shape index (κ2) is 8.25. The first kappa shape index (κ1) is 19.6. The van der Waals surface area contributed by atoms with Crippen LogP contribution in [-0.2, 0) is 9.59 Å². The standard InChI is InChI=1S/C20H31N5O2/c1-13-4-5-17(15-6-8-24(3)9-7-15)25(12-13)20(27)19(26)23-16-10-14(2)18(21)22-11-16/h10-11,13,15,17H,4-9,12H2,1-3H3,(H2,21,22)(H,23,26). The van der Waals surface area contributed by atoms with E-state index in [1.165, 1.54) is 6.20 Å². The molecule has 148 valence electrons. The first-order chi connectivity index (χ1) is 12.8. The van der Waals surface area contributed by atoms with E-state index in [0.29, 0.717) is 29.9 Å². The molecule has 0 spiro atoms. The average Bonchev–Trinajstić information content (AvgIpc) is 2.65. The molecule has 0 saturated carbocycles. The summed E-state index contributed by atoms with van der Waals surface area (Å²) in [5.41, 5.74) is 6.99. The molecule has 0 radical (unpaired) electrons. The Bertz CT molecular complexity index is 700. The third kappa shape index (κ3) is 4.58. The van der Waals surface area contributed by atoms with Crippen molar-refractivity contribution in [3.8, 4) is 0 Å². The maximum Gasteiger partial charge on any atom is 0.313 e. The molecule has 7 heteroatoms. The fraction of sp³-hybridized carbons (Fsp3) is 0.650. The van der Waals surface area contributed by atoms with Crippen LogP contribution in [0.1, 0.15) is 38.2 Å². The number of hydrogen-bond donors (Lipinski definition) is 2. The molecule has 2 unspecified atom stereocenters. The van der Waals surface area contributed by atoms with Crippen LogP contribution in [0, 0.1) is 18.8 Å². The number of pyridine rings is 1. The summed E-state index contributed by atoms with van der Waals surface area (Å²) in [5, 5.41) is 2.70. The minimum absolute atomic E-state index is 0.166. The molecule has 3 rings (SSSR count). The van der Waals surface area contributed by atoms with Crippen molar-refractivity contribution in [1.82, 2.24) is 14.8 Å². The van der Waals surface area contributed by atoms with E-state index < -0.39 is 11.8 Å². The number of nitrogens with two attached hydrogens (primary N) is 1. The van der Waals surface area contributed by atoms with Gasteiger partial charge >= 0.3 is 11.8 Å². The van der Waals surface area contributed by atoms with Crippen LogP contribution in [0.15, 0.2) is 12.3 Å². The largest absolute Gasteiger partial charge is 0.383 e. The lowest BCUT2D eigenvalue weighted by Crippen LogP contribution is -2.54. The second-order valence-electron chi connectivity index (χ2n) is 8.23. The normalized spacial score (nSPS) is 24.6. The summed E-state index contributed by atoms with van der Waals surface area (Å²) in [7, 11) is 2.14. The van der Waals surface area contributed by atoms with E-state index >= 15 is 0 Å². The van der Waals surface area contributed by atoms with Crippen LogP contribution >= 0.6 is 0 Å². The first-order valence-corrected chi connectivity index (χ1v) is 9.87. The van der Waals surface area contributed by atoms with Crippen molar-refractivity contribution >= 4 is 23.3 Å². The predicted molar refractivity (Wildman–Crippen MR) is 106 cm³/mol. The number of carbonyl (C=O) groups excluding carboxylic acids is 2. The van der Waals surface area contributed by atoms with Gasteiger partial charge in [-0.3, -0.25) is 9.59 Å². The second-order valence-corrected chi connectivity index (χ2v) is 8.23. The number of likely N-dealkylation sites (tertiary alicyclic amines) is 2.